The van der Waals surface area contributed by atoms with Crippen LogP contribution in [0.2, 0.25) is 10.0 Å². The van der Waals surface area contributed by atoms with E-state index in [1.54, 1.807) is 24.5 Å². The first-order valence-corrected chi connectivity index (χ1v) is 8.96. The van der Waals surface area contributed by atoms with Gasteiger partial charge in [0.1, 0.15) is 5.69 Å². The summed E-state index contributed by atoms with van der Waals surface area (Å²) in [6.45, 7) is 0. The minimum atomic E-state index is 0.548. The first-order valence-electron chi connectivity index (χ1n) is 8.21. The van der Waals surface area contributed by atoms with Crippen molar-refractivity contribution in [3.63, 3.8) is 0 Å². The van der Waals surface area contributed by atoms with Crippen LogP contribution in [0.5, 0.6) is 0 Å². The molecule has 0 amide bonds. The average molecular weight is 392 g/mol. The van der Waals surface area contributed by atoms with E-state index in [4.69, 9.17) is 23.2 Å². The van der Waals surface area contributed by atoms with E-state index in [9.17, 15) is 0 Å². The van der Waals surface area contributed by atoms with Crippen molar-refractivity contribution in [1.29, 1.82) is 0 Å². The van der Waals surface area contributed by atoms with Crippen LogP contribution in [0.3, 0.4) is 0 Å². The lowest BCUT2D eigenvalue weighted by Crippen LogP contribution is -1.95. The second kappa shape index (κ2) is 6.30. The van der Waals surface area contributed by atoms with Gasteiger partial charge in [-0.25, -0.2) is 15.0 Å². The number of imidazole rings is 1. The van der Waals surface area contributed by atoms with Crippen LogP contribution in [-0.2, 0) is 0 Å². The Bertz CT molecular complexity index is 1310. The molecule has 27 heavy (non-hydrogen) atoms. The minimum absolute atomic E-state index is 0.548. The summed E-state index contributed by atoms with van der Waals surface area (Å²) in [6.07, 6.45) is 5.39. The van der Waals surface area contributed by atoms with E-state index in [1.165, 1.54) is 0 Å². The zero-order valence-electron chi connectivity index (χ0n) is 13.8. The van der Waals surface area contributed by atoms with E-state index >= 15 is 0 Å². The molecule has 0 aliphatic heterocycles. The molecule has 5 rings (SSSR count). The van der Waals surface area contributed by atoms with Crippen molar-refractivity contribution in [2.24, 2.45) is 0 Å². The third-order valence-corrected chi connectivity index (χ3v) is 4.85. The average Bonchev–Trinajstić information content (AvgIpc) is 3.11. The molecule has 3 heterocycles. The second-order valence-corrected chi connectivity index (χ2v) is 6.84. The zero-order valence-corrected chi connectivity index (χ0v) is 15.4. The molecule has 0 unspecified atom stereocenters. The highest BCUT2D eigenvalue weighted by Crippen LogP contribution is 2.30. The fourth-order valence-electron chi connectivity index (χ4n) is 2.99. The summed E-state index contributed by atoms with van der Waals surface area (Å²) in [5.74, 6) is 0.559. The SMILES string of the molecule is Clc1ccc(-c2ccn3c(-c4cnc5ccccc5n4)cnc3n2)c(Cl)c1. The molecule has 0 saturated carbocycles. The highest BCUT2D eigenvalue weighted by molar-refractivity contribution is 6.36. The summed E-state index contributed by atoms with van der Waals surface area (Å²) in [7, 11) is 0. The van der Waals surface area contributed by atoms with Gasteiger partial charge in [0.2, 0.25) is 5.78 Å². The van der Waals surface area contributed by atoms with Crippen molar-refractivity contribution < 1.29 is 0 Å². The Hall–Kier alpha value is -3.02. The molecule has 0 atom stereocenters. The van der Waals surface area contributed by atoms with Crippen LogP contribution in [0.15, 0.2) is 67.1 Å². The van der Waals surface area contributed by atoms with Crippen LogP contribution in [0.1, 0.15) is 0 Å². The van der Waals surface area contributed by atoms with Gasteiger partial charge in [0, 0.05) is 16.8 Å². The largest absolute Gasteiger partial charge is 0.282 e. The highest BCUT2D eigenvalue weighted by atomic mass is 35.5. The topological polar surface area (TPSA) is 56.0 Å². The number of hydrogen-bond acceptors (Lipinski definition) is 4. The molecule has 0 spiro atoms. The van der Waals surface area contributed by atoms with Crippen molar-refractivity contribution in [1.82, 2.24) is 24.3 Å². The fourth-order valence-corrected chi connectivity index (χ4v) is 3.49. The number of aromatic nitrogens is 5. The van der Waals surface area contributed by atoms with E-state index < -0.39 is 0 Å². The summed E-state index contributed by atoms with van der Waals surface area (Å²) in [6, 6.07) is 15.0. The molecule has 5 nitrogen and oxygen atoms in total. The number of rotatable bonds is 2. The van der Waals surface area contributed by atoms with E-state index in [-0.39, 0.29) is 0 Å². The Morgan fingerprint density at radius 3 is 2.48 bits per heavy atom. The van der Waals surface area contributed by atoms with Gasteiger partial charge < -0.3 is 0 Å². The minimum Gasteiger partial charge on any atom is -0.282 e. The first kappa shape index (κ1) is 16.2. The Labute approximate surface area is 164 Å². The van der Waals surface area contributed by atoms with Gasteiger partial charge in [0.15, 0.2) is 0 Å². The van der Waals surface area contributed by atoms with Crippen LogP contribution in [0, 0.1) is 0 Å². The zero-order chi connectivity index (χ0) is 18.4. The molecule has 2 aromatic carbocycles. The van der Waals surface area contributed by atoms with E-state index in [1.807, 2.05) is 47.0 Å². The van der Waals surface area contributed by atoms with Crippen molar-refractivity contribution in [2.75, 3.05) is 0 Å². The highest BCUT2D eigenvalue weighted by Gasteiger charge is 2.12. The van der Waals surface area contributed by atoms with Crippen molar-refractivity contribution in [2.45, 2.75) is 0 Å². The van der Waals surface area contributed by atoms with E-state index in [0.717, 1.165) is 33.7 Å². The summed E-state index contributed by atoms with van der Waals surface area (Å²) in [5.41, 5.74) is 4.78. The van der Waals surface area contributed by atoms with Gasteiger partial charge in [-0.3, -0.25) is 9.38 Å². The molecule has 0 radical (unpaired) electrons. The smallest absolute Gasteiger partial charge is 0.234 e. The second-order valence-electron chi connectivity index (χ2n) is 5.99. The third-order valence-electron chi connectivity index (χ3n) is 4.30. The Morgan fingerprint density at radius 1 is 0.778 bits per heavy atom. The predicted molar refractivity (Wildman–Crippen MR) is 107 cm³/mol. The van der Waals surface area contributed by atoms with Gasteiger partial charge in [-0.1, -0.05) is 35.3 Å². The predicted octanol–water partition coefficient (Wildman–Crippen LogP) is 5.31. The first-order chi connectivity index (χ1) is 13.2. The molecule has 7 heteroatoms. The van der Waals surface area contributed by atoms with Crippen LogP contribution in [-0.4, -0.2) is 24.3 Å². The molecule has 5 aromatic rings. The van der Waals surface area contributed by atoms with Crippen LogP contribution in [0.4, 0.5) is 0 Å². The molecular weight excluding hydrogens is 381 g/mol. The normalized spacial score (nSPS) is 11.3. The molecule has 3 aromatic heterocycles. The van der Waals surface area contributed by atoms with Gasteiger partial charge in [0.25, 0.3) is 0 Å². The molecular formula is C20H11Cl2N5. The van der Waals surface area contributed by atoms with Gasteiger partial charge in [-0.05, 0) is 36.4 Å². The number of nitrogens with zero attached hydrogens (tertiary/aromatic N) is 5. The summed E-state index contributed by atoms with van der Waals surface area (Å²) < 4.78 is 1.88. The molecule has 0 aliphatic carbocycles. The van der Waals surface area contributed by atoms with Crippen LogP contribution < -0.4 is 0 Å². The maximum Gasteiger partial charge on any atom is 0.234 e. The Morgan fingerprint density at radius 2 is 1.63 bits per heavy atom. The summed E-state index contributed by atoms with van der Waals surface area (Å²) >= 11 is 12.3. The molecule has 0 aliphatic rings. The summed E-state index contributed by atoms with van der Waals surface area (Å²) in [5, 5.41) is 1.13. The maximum atomic E-state index is 6.30. The quantitative estimate of drug-likeness (QED) is 0.408. The molecule has 130 valence electrons. The van der Waals surface area contributed by atoms with Crippen molar-refractivity contribution in [3.05, 3.63) is 77.2 Å². The van der Waals surface area contributed by atoms with E-state index in [0.29, 0.717) is 15.8 Å². The number of para-hydroxylation sites is 2. The third kappa shape index (κ3) is 2.81. The lowest BCUT2D eigenvalue weighted by atomic mass is 10.1. The number of halogens is 2. The van der Waals surface area contributed by atoms with Crippen LogP contribution in [0.25, 0.3) is 39.5 Å². The molecule has 0 bridgehead atoms. The van der Waals surface area contributed by atoms with Gasteiger partial charge in [-0.2, -0.15) is 0 Å². The standard InChI is InChI=1S/C20H11Cl2N5/c21-12-5-6-13(14(22)9-12)15-7-8-27-19(11-24-20(27)26-15)18-10-23-16-3-1-2-4-17(16)25-18/h1-11H. The lowest BCUT2D eigenvalue weighted by Gasteiger charge is -2.06. The van der Waals surface area contributed by atoms with Crippen molar-refractivity contribution in [3.8, 4) is 22.6 Å². The monoisotopic (exact) mass is 391 g/mol. The number of benzene rings is 2. The summed E-state index contributed by atoms with van der Waals surface area (Å²) in [4.78, 5) is 18.2. The van der Waals surface area contributed by atoms with Gasteiger partial charge in [0.05, 0.1) is 39.8 Å². The lowest BCUT2D eigenvalue weighted by molar-refractivity contribution is 1.10. The molecule has 0 N–H and O–H groups in total. The molecule has 0 fully saturated rings. The van der Waals surface area contributed by atoms with Crippen molar-refractivity contribution >= 4 is 40.0 Å². The van der Waals surface area contributed by atoms with Crippen LogP contribution >= 0.6 is 23.2 Å². The maximum absolute atomic E-state index is 6.30. The fraction of sp³-hybridized carbons (Fsp3) is 0. The molecule has 0 saturated heterocycles. The Kier molecular flexibility index (Phi) is 3.77. The van der Waals surface area contributed by atoms with E-state index in [2.05, 4.69) is 19.9 Å². The number of fused-ring (bicyclic) bond motifs is 2. The Balaban J connectivity index is 1.62. The van der Waals surface area contributed by atoms with Gasteiger partial charge >= 0.3 is 0 Å². The van der Waals surface area contributed by atoms with Gasteiger partial charge in [-0.15, -0.1) is 0 Å². The number of hydrogen-bond donors (Lipinski definition) is 0.